The summed E-state index contributed by atoms with van der Waals surface area (Å²) in [6.45, 7) is 1.74. The highest BCUT2D eigenvalue weighted by Crippen LogP contribution is 2.34. The molecule has 0 spiro atoms. The normalized spacial score (nSPS) is 14.7. The number of benzene rings is 2. The fraction of sp³-hybridized carbons (Fsp3) is 0.320. The number of aromatic nitrogens is 1. The minimum absolute atomic E-state index is 0.0346. The molecule has 1 aromatic heterocycles. The first-order valence-electron chi connectivity index (χ1n) is 11.3. The molecule has 1 aliphatic rings. The number of rotatable bonds is 7. The van der Waals surface area contributed by atoms with Crippen LogP contribution in [0.15, 0.2) is 65.2 Å². The summed E-state index contributed by atoms with van der Waals surface area (Å²) in [5, 5.41) is 2.35. The van der Waals surface area contributed by atoms with Crippen molar-refractivity contribution in [1.82, 2.24) is 14.8 Å². The van der Waals surface area contributed by atoms with Crippen molar-refractivity contribution in [1.29, 1.82) is 0 Å². The first-order valence-corrected chi connectivity index (χ1v) is 11.3. The van der Waals surface area contributed by atoms with Gasteiger partial charge in [-0.15, -0.1) is 0 Å². The predicted molar refractivity (Wildman–Crippen MR) is 123 cm³/mol. The van der Waals surface area contributed by atoms with Crippen LogP contribution in [0.4, 0.5) is 18.9 Å². The second-order valence-corrected chi connectivity index (χ2v) is 8.23. The molecule has 2 heterocycles. The van der Waals surface area contributed by atoms with E-state index in [9.17, 15) is 22.8 Å². The van der Waals surface area contributed by atoms with Gasteiger partial charge >= 0.3 is 6.18 Å². The van der Waals surface area contributed by atoms with E-state index in [1.807, 2.05) is 35.2 Å². The summed E-state index contributed by atoms with van der Waals surface area (Å²) in [4.78, 5) is 32.7. The molecule has 35 heavy (non-hydrogen) atoms. The smallest absolute Gasteiger partial charge is 0.418 e. The van der Waals surface area contributed by atoms with Crippen LogP contribution in [0, 0.1) is 0 Å². The van der Waals surface area contributed by atoms with E-state index in [0.717, 1.165) is 11.6 Å². The zero-order chi connectivity index (χ0) is 24.8. The lowest BCUT2D eigenvalue weighted by molar-refractivity contribution is -0.137. The standard InChI is InChI=1S/C25H25F3N4O3/c26-25(27,28)19-8-4-5-9-20(19)30-22(33)17-31-12-14-32(15-13-31)24(34)11-10-23-29-16-21(35-23)18-6-2-1-3-7-18/h1-9,16H,10-15,17H2,(H,30,33). The molecule has 1 N–H and O–H groups in total. The fourth-order valence-corrected chi connectivity index (χ4v) is 3.92. The van der Waals surface area contributed by atoms with E-state index in [4.69, 9.17) is 4.42 Å². The average Bonchev–Trinajstić information content (AvgIpc) is 3.32. The van der Waals surface area contributed by atoms with Gasteiger partial charge in [0, 0.05) is 44.6 Å². The number of piperazine rings is 1. The van der Waals surface area contributed by atoms with Gasteiger partial charge < -0.3 is 14.6 Å². The molecule has 0 aliphatic carbocycles. The molecular formula is C25H25F3N4O3. The highest BCUT2D eigenvalue weighted by molar-refractivity contribution is 5.93. The van der Waals surface area contributed by atoms with E-state index < -0.39 is 17.6 Å². The lowest BCUT2D eigenvalue weighted by Gasteiger charge is -2.34. The number of para-hydroxylation sites is 1. The molecule has 1 fully saturated rings. The minimum Gasteiger partial charge on any atom is -0.441 e. The van der Waals surface area contributed by atoms with E-state index in [0.29, 0.717) is 44.3 Å². The maximum Gasteiger partial charge on any atom is 0.418 e. The fourth-order valence-electron chi connectivity index (χ4n) is 3.92. The van der Waals surface area contributed by atoms with Crippen LogP contribution >= 0.6 is 0 Å². The van der Waals surface area contributed by atoms with Gasteiger partial charge in [-0.2, -0.15) is 13.2 Å². The van der Waals surface area contributed by atoms with Gasteiger partial charge in [-0.05, 0) is 12.1 Å². The zero-order valence-electron chi connectivity index (χ0n) is 18.9. The molecule has 184 valence electrons. The van der Waals surface area contributed by atoms with Crippen LogP contribution in [0.3, 0.4) is 0 Å². The van der Waals surface area contributed by atoms with Crippen molar-refractivity contribution in [3.8, 4) is 11.3 Å². The Kier molecular flexibility index (Phi) is 7.50. The van der Waals surface area contributed by atoms with Crippen molar-refractivity contribution in [2.24, 2.45) is 0 Å². The predicted octanol–water partition coefficient (Wildman–Crippen LogP) is 4.08. The van der Waals surface area contributed by atoms with Crippen molar-refractivity contribution in [3.05, 3.63) is 72.2 Å². The Morgan fingerprint density at radius 1 is 0.971 bits per heavy atom. The number of hydrogen-bond acceptors (Lipinski definition) is 5. The Morgan fingerprint density at radius 3 is 2.37 bits per heavy atom. The maximum atomic E-state index is 13.1. The topological polar surface area (TPSA) is 78.7 Å². The van der Waals surface area contributed by atoms with Gasteiger partial charge in [-0.3, -0.25) is 14.5 Å². The van der Waals surface area contributed by atoms with Gasteiger partial charge in [0.2, 0.25) is 11.8 Å². The molecule has 10 heteroatoms. The number of alkyl halides is 3. The van der Waals surface area contributed by atoms with Gasteiger partial charge in [0.25, 0.3) is 0 Å². The number of anilines is 1. The third-order valence-electron chi connectivity index (χ3n) is 5.76. The second-order valence-electron chi connectivity index (χ2n) is 8.23. The van der Waals surface area contributed by atoms with Gasteiger partial charge in [0.05, 0.1) is 24.0 Å². The number of hydrogen-bond donors (Lipinski definition) is 1. The first-order chi connectivity index (χ1) is 16.8. The van der Waals surface area contributed by atoms with Crippen LogP contribution in [-0.2, 0) is 22.2 Å². The van der Waals surface area contributed by atoms with E-state index >= 15 is 0 Å². The molecule has 0 radical (unpaired) electrons. The van der Waals surface area contributed by atoms with Crippen molar-refractivity contribution in [2.45, 2.75) is 19.0 Å². The number of oxazole rings is 1. The number of aryl methyl sites for hydroxylation is 1. The molecule has 2 amide bonds. The van der Waals surface area contributed by atoms with Gasteiger partial charge in [0.15, 0.2) is 11.7 Å². The Hall–Kier alpha value is -3.66. The molecule has 0 unspecified atom stereocenters. The quantitative estimate of drug-likeness (QED) is 0.545. The van der Waals surface area contributed by atoms with Crippen molar-refractivity contribution in [3.63, 3.8) is 0 Å². The largest absolute Gasteiger partial charge is 0.441 e. The summed E-state index contributed by atoms with van der Waals surface area (Å²) >= 11 is 0. The van der Waals surface area contributed by atoms with Gasteiger partial charge in [-0.25, -0.2) is 4.98 Å². The summed E-state index contributed by atoms with van der Waals surface area (Å²) in [5.41, 5.74) is -0.230. The lowest BCUT2D eigenvalue weighted by Crippen LogP contribution is -2.50. The molecule has 1 saturated heterocycles. The molecule has 0 bridgehead atoms. The summed E-state index contributed by atoms with van der Waals surface area (Å²) in [7, 11) is 0. The van der Waals surface area contributed by atoms with Crippen LogP contribution < -0.4 is 5.32 Å². The van der Waals surface area contributed by atoms with Crippen LogP contribution in [-0.4, -0.2) is 59.3 Å². The third kappa shape index (κ3) is 6.48. The molecular weight excluding hydrogens is 461 g/mol. The number of halogens is 3. The van der Waals surface area contributed by atoms with E-state index in [2.05, 4.69) is 10.3 Å². The van der Waals surface area contributed by atoms with Crippen LogP contribution in [0.1, 0.15) is 17.9 Å². The number of carbonyl (C=O) groups excluding carboxylic acids is 2. The minimum atomic E-state index is -4.55. The Balaban J connectivity index is 1.21. The number of nitrogens with zero attached hydrogens (tertiary/aromatic N) is 3. The molecule has 2 aromatic carbocycles. The van der Waals surface area contributed by atoms with Crippen LogP contribution in [0.5, 0.6) is 0 Å². The summed E-state index contributed by atoms with van der Waals surface area (Å²) in [6, 6.07) is 14.5. The highest BCUT2D eigenvalue weighted by atomic mass is 19.4. The van der Waals surface area contributed by atoms with Crippen molar-refractivity contribution >= 4 is 17.5 Å². The van der Waals surface area contributed by atoms with Crippen molar-refractivity contribution < 1.29 is 27.2 Å². The molecule has 1 aliphatic heterocycles. The highest BCUT2D eigenvalue weighted by Gasteiger charge is 2.33. The van der Waals surface area contributed by atoms with Gasteiger partial charge in [-0.1, -0.05) is 42.5 Å². The zero-order valence-corrected chi connectivity index (χ0v) is 18.9. The average molecular weight is 486 g/mol. The number of nitrogens with one attached hydrogen (secondary N) is 1. The third-order valence-corrected chi connectivity index (χ3v) is 5.76. The SMILES string of the molecule is O=C(CN1CCN(C(=O)CCc2ncc(-c3ccccc3)o2)CC1)Nc1ccccc1C(F)(F)F. The van der Waals surface area contributed by atoms with Crippen LogP contribution in [0.2, 0.25) is 0 Å². The van der Waals surface area contributed by atoms with E-state index in [1.165, 1.54) is 18.2 Å². The van der Waals surface area contributed by atoms with E-state index in [-0.39, 0.29) is 24.6 Å². The Bertz CT molecular complexity index is 1160. The summed E-state index contributed by atoms with van der Waals surface area (Å²) in [6.07, 6.45) is -2.27. The molecule has 7 nitrogen and oxygen atoms in total. The summed E-state index contributed by atoms with van der Waals surface area (Å²) in [5.74, 6) is 0.580. The molecule has 3 aromatic rings. The first kappa shape index (κ1) is 24.5. The van der Waals surface area contributed by atoms with E-state index in [1.54, 1.807) is 11.1 Å². The van der Waals surface area contributed by atoms with Crippen molar-refractivity contribution in [2.75, 3.05) is 38.0 Å². The molecule has 4 rings (SSSR count). The van der Waals surface area contributed by atoms with Crippen LogP contribution in [0.25, 0.3) is 11.3 Å². The maximum absolute atomic E-state index is 13.1. The van der Waals surface area contributed by atoms with Gasteiger partial charge in [0.1, 0.15) is 0 Å². The number of amides is 2. The Labute approximate surface area is 200 Å². The number of carbonyl (C=O) groups is 2. The lowest BCUT2D eigenvalue weighted by atomic mass is 10.1. The second kappa shape index (κ2) is 10.7. The molecule has 0 atom stereocenters. The monoisotopic (exact) mass is 486 g/mol. The summed E-state index contributed by atoms with van der Waals surface area (Å²) < 4.78 is 45.1. The molecule has 0 saturated carbocycles. The Morgan fingerprint density at radius 2 is 1.66 bits per heavy atom.